The fourth-order valence-electron chi connectivity index (χ4n) is 17.5. The van der Waals surface area contributed by atoms with Crippen LogP contribution in [0.3, 0.4) is 0 Å². The van der Waals surface area contributed by atoms with Gasteiger partial charge in [0.2, 0.25) is 0 Å². The summed E-state index contributed by atoms with van der Waals surface area (Å²) >= 11 is 0. The molecule has 0 radical (unpaired) electrons. The highest BCUT2D eigenvalue weighted by atomic mass is 14.6. The molecule has 14 aliphatic carbocycles. The zero-order chi connectivity index (χ0) is 40.1. The first-order valence-corrected chi connectivity index (χ1v) is 26.3. The third-order valence-corrected chi connectivity index (χ3v) is 21.8. The van der Waals surface area contributed by atoms with Gasteiger partial charge in [-0.25, -0.2) is 0 Å². The fraction of sp³-hybridized carbons (Fsp3) is 1.00. The maximum Gasteiger partial charge on any atom is -0.0241 e. The van der Waals surface area contributed by atoms with Crippen molar-refractivity contribution in [3.63, 3.8) is 0 Å². The molecule has 0 aromatic rings. The minimum atomic E-state index is 0.559. The smallest absolute Gasteiger partial charge is 0.0241 e. The van der Waals surface area contributed by atoms with E-state index in [0.717, 1.165) is 81.3 Å². The molecule has 0 unspecified atom stereocenters. The molecule has 0 N–H and O–H groups in total. The first kappa shape index (κ1) is 44.1. The van der Waals surface area contributed by atoms with Crippen molar-refractivity contribution in [2.75, 3.05) is 0 Å². The minimum absolute atomic E-state index is 0.559. The molecule has 14 rings (SSSR count). The summed E-state index contributed by atoms with van der Waals surface area (Å²) in [5.41, 5.74) is 4.14. The molecule has 0 aliphatic heterocycles. The average Bonchev–Trinajstić information content (AvgIpc) is 3.13. The lowest BCUT2D eigenvalue weighted by atomic mass is 9.43. The van der Waals surface area contributed by atoms with Gasteiger partial charge in [-0.05, 0) is 226 Å². The van der Waals surface area contributed by atoms with E-state index < -0.39 is 0 Å². The van der Waals surface area contributed by atoms with Gasteiger partial charge in [-0.1, -0.05) is 128 Å². The van der Waals surface area contributed by atoms with Gasteiger partial charge < -0.3 is 0 Å². The van der Waals surface area contributed by atoms with Gasteiger partial charge in [0.1, 0.15) is 0 Å². The van der Waals surface area contributed by atoms with Crippen molar-refractivity contribution in [2.24, 2.45) is 97.6 Å². The first-order chi connectivity index (χ1) is 26.3. The highest BCUT2D eigenvalue weighted by Crippen LogP contribution is 2.66. The van der Waals surface area contributed by atoms with E-state index in [1.165, 1.54) is 77.0 Å². The van der Waals surface area contributed by atoms with Crippen molar-refractivity contribution >= 4 is 0 Å². The summed E-state index contributed by atoms with van der Waals surface area (Å²) in [6.07, 6.45) is 42.7. The van der Waals surface area contributed by atoms with E-state index in [4.69, 9.17) is 0 Å². The molecule has 0 aromatic heterocycles. The van der Waals surface area contributed by atoms with Crippen molar-refractivity contribution in [3.05, 3.63) is 0 Å². The summed E-state index contributed by atoms with van der Waals surface area (Å²) in [6.45, 7) is 27.0. The number of hydrogen-bond donors (Lipinski definition) is 0. The van der Waals surface area contributed by atoms with Gasteiger partial charge in [-0.15, -0.1) is 0 Å². The van der Waals surface area contributed by atoms with Crippen LogP contribution in [-0.4, -0.2) is 0 Å². The van der Waals surface area contributed by atoms with Gasteiger partial charge in [0, 0.05) is 0 Å². The fourth-order valence-corrected chi connectivity index (χ4v) is 17.5. The lowest BCUT2D eigenvalue weighted by Gasteiger charge is -2.62. The van der Waals surface area contributed by atoms with Gasteiger partial charge in [0.25, 0.3) is 0 Å². The van der Waals surface area contributed by atoms with Crippen molar-refractivity contribution in [1.29, 1.82) is 0 Å². The van der Waals surface area contributed by atoms with Gasteiger partial charge in [-0.3, -0.25) is 0 Å². The highest BCUT2D eigenvalue weighted by molar-refractivity contribution is 5.06. The van der Waals surface area contributed by atoms with E-state index in [1.54, 1.807) is 103 Å². The van der Waals surface area contributed by atoms with E-state index in [0.29, 0.717) is 16.2 Å². The van der Waals surface area contributed by atoms with Crippen LogP contribution in [0, 0.1) is 97.6 Å². The molecule has 324 valence electrons. The first-order valence-electron chi connectivity index (χ1n) is 26.3. The second-order valence-corrected chi connectivity index (χ2v) is 27.2. The second-order valence-electron chi connectivity index (χ2n) is 27.2. The van der Waals surface area contributed by atoms with Gasteiger partial charge in [0.05, 0.1) is 0 Å². The second kappa shape index (κ2) is 17.0. The van der Waals surface area contributed by atoms with Crippen LogP contribution in [0.4, 0.5) is 0 Å². The normalized spacial score (nSPS) is 46.2. The third kappa shape index (κ3) is 9.55. The molecule has 0 heterocycles. The molecule has 0 nitrogen and oxygen atoms in total. The Hall–Kier alpha value is 0. The Morgan fingerprint density at radius 3 is 1.02 bits per heavy atom. The minimum Gasteiger partial charge on any atom is -0.0649 e. The summed E-state index contributed by atoms with van der Waals surface area (Å²) in [7, 11) is 0. The van der Waals surface area contributed by atoms with Crippen LogP contribution >= 0.6 is 0 Å². The standard InChI is InChI=1S/C14H24.C13H22.C12H20.C9H18.C8H16/c1-13(2,3)14-7-10-4-11(8-14)6-12(5-10)9-14;1-3-13(2)11-5-9-4-10(7-11)8-12(13)6-9;1-12(2)10-4-8-3-9(6-10)7-11(12)5-8;1-3-9(2)7-5-4-6-8-9;1-8(2)6-4-3-5-7-8/h10-12H,4-9H2,1-3H3;9-12H,3-8H2,1-2H3;8-11H,3-7H2,1-2H3;3-8H2,1-2H3;3-7H2,1-2H3. The largest absolute Gasteiger partial charge is 0.0649 e. The summed E-state index contributed by atoms with van der Waals surface area (Å²) in [4.78, 5) is 0. The molecule has 12 bridgehead atoms. The summed E-state index contributed by atoms with van der Waals surface area (Å²) in [5.74, 6) is 12.3. The Balaban J connectivity index is 0.000000109. The zero-order valence-corrected chi connectivity index (χ0v) is 40.1. The Morgan fingerprint density at radius 1 is 0.393 bits per heavy atom. The van der Waals surface area contributed by atoms with Gasteiger partial charge in [-0.2, -0.15) is 0 Å². The van der Waals surface area contributed by atoms with Gasteiger partial charge >= 0.3 is 0 Å². The van der Waals surface area contributed by atoms with E-state index in [9.17, 15) is 0 Å². The lowest BCUT2D eigenvalue weighted by molar-refractivity contribution is -0.113. The monoisotopic (exact) mass is 773 g/mol. The molecule has 0 saturated heterocycles. The van der Waals surface area contributed by atoms with Gasteiger partial charge in [0.15, 0.2) is 0 Å². The Labute approximate surface area is 352 Å². The maximum absolute atomic E-state index is 2.58. The average molecular weight is 773 g/mol. The van der Waals surface area contributed by atoms with E-state index >= 15 is 0 Å². The molecule has 0 atom stereocenters. The molecule has 14 fully saturated rings. The molecule has 56 heavy (non-hydrogen) atoms. The topological polar surface area (TPSA) is 0 Å². The molecular weight excluding hydrogens is 673 g/mol. The van der Waals surface area contributed by atoms with Crippen LogP contribution in [-0.2, 0) is 0 Å². The predicted molar refractivity (Wildman–Crippen MR) is 245 cm³/mol. The van der Waals surface area contributed by atoms with Crippen LogP contribution < -0.4 is 0 Å². The van der Waals surface area contributed by atoms with Crippen LogP contribution in [0.2, 0.25) is 0 Å². The molecule has 0 spiro atoms. The molecule has 0 aromatic carbocycles. The predicted octanol–water partition coefficient (Wildman–Crippen LogP) is 17.9. The van der Waals surface area contributed by atoms with E-state index in [1.807, 2.05) is 0 Å². The quantitative estimate of drug-likeness (QED) is 0.262. The van der Waals surface area contributed by atoms with Crippen LogP contribution in [0.15, 0.2) is 0 Å². The number of rotatable bonds is 2. The molecule has 14 aliphatic rings. The van der Waals surface area contributed by atoms with Crippen molar-refractivity contribution in [1.82, 2.24) is 0 Å². The van der Waals surface area contributed by atoms with Crippen molar-refractivity contribution in [2.45, 2.75) is 256 Å². The summed E-state index contributed by atoms with van der Waals surface area (Å²) < 4.78 is 0. The molecule has 14 saturated carbocycles. The van der Waals surface area contributed by atoms with E-state index in [-0.39, 0.29) is 0 Å². The SMILES string of the molecule is CC(C)(C)C12CC3CC(CC(C3)C1)C2.CC1(C)C2CC3CC(C2)CC1C3.CC1(C)CCCCC1.CCC1(C)C2CC3CC(C2)CC1C3.CCC1(C)CCCCC1. The highest BCUT2D eigenvalue weighted by Gasteiger charge is 2.56. The number of hydrogen-bond acceptors (Lipinski definition) is 0. The van der Waals surface area contributed by atoms with E-state index in [2.05, 4.69) is 76.2 Å². The van der Waals surface area contributed by atoms with Crippen LogP contribution in [0.1, 0.15) is 256 Å². The Kier molecular flexibility index (Phi) is 13.4. The Morgan fingerprint density at radius 2 is 0.732 bits per heavy atom. The molecular formula is C56H100. The lowest BCUT2D eigenvalue weighted by Crippen LogP contribution is -2.51. The van der Waals surface area contributed by atoms with Crippen LogP contribution in [0.5, 0.6) is 0 Å². The summed E-state index contributed by atoms with van der Waals surface area (Å²) in [5, 5.41) is 0. The third-order valence-electron chi connectivity index (χ3n) is 21.8. The molecule has 0 amide bonds. The van der Waals surface area contributed by atoms with Crippen molar-refractivity contribution < 1.29 is 0 Å². The Bertz CT molecular complexity index is 1140. The zero-order valence-electron chi connectivity index (χ0n) is 40.1. The van der Waals surface area contributed by atoms with Crippen molar-refractivity contribution in [3.8, 4) is 0 Å². The summed E-state index contributed by atoms with van der Waals surface area (Å²) in [6, 6.07) is 0. The van der Waals surface area contributed by atoms with Crippen LogP contribution in [0.25, 0.3) is 0 Å². The maximum atomic E-state index is 2.58. The molecule has 0 heteroatoms.